The molecule has 2 heterocycles. The molecule has 0 aliphatic carbocycles. The number of allylic oxidation sites excluding steroid dienone is 1. The zero-order chi connectivity index (χ0) is 17.9. The van der Waals surface area contributed by atoms with E-state index in [0.717, 1.165) is 22.0 Å². The Balaban J connectivity index is 1.99. The molecule has 1 aliphatic heterocycles. The molecule has 0 saturated carbocycles. The molecule has 5 nitrogen and oxygen atoms in total. The average molecular weight is 340 g/mol. The summed E-state index contributed by atoms with van der Waals surface area (Å²) in [5.41, 5.74) is 3.24. The molecule has 3 aromatic rings. The standard InChI is InChI=1S/C21H16N4O/c1-23-13-25-21-17(12-22)18(14-6-3-2-4-7-14)16-10-9-15-8-5-11-24-19(15)20(16)26-21/h2-11,13,18H,1H3,(H,23,25). The molecule has 0 spiro atoms. The summed E-state index contributed by atoms with van der Waals surface area (Å²) in [7, 11) is 1.65. The molecule has 1 aromatic heterocycles. The van der Waals surface area contributed by atoms with E-state index in [4.69, 9.17) is 4.74 Å². The highest BCUT2D eigenvalue weighted by Gasteiger charge is 2.32. The largest absolute Gasteiger partial charge is 0.437 e. The first-order valence-electron chi connectivity index (χ1n) is 8.25. The van der Waals surface area contributed by atoms with Crippen molar-refractivity contribution in [3.05, 3.63) is 83.4 Å². The number of rotatable bonds is 3. The summed E-state index contributed by atoms with van der Waals surface area (Å²) in [5.74, 6) is 0.824. The van der Waals surface area contributed by atoms with Crippen molar-refractivity contribution in [2.24, 2.45) is 4.99 Å². The Morgan fingerprint density at radius 1 is 1.15 bits per heavy atom. The second kappa shape index (κ2) is 6.69. The third-order valence-electron chi connectivity index (χ3n) is 4.39. The van der Waals surface area contributed by atoms with Gasteiger partial charge < -0.3 is 10.1 Å². The summed E-state index contributed by atoms with van der Waals surface area (Å²) in [6, 6.07) is 20.2. The van der Waals surface area contributed by atoms with Crippen molar-refractivity contribution in [2.45, 2.75) is 5.92 Å². The van der Waals surface area contributed by atoms with Gasteiger partial charge in [0.1, 0.15) is 17.2 Å². The molecular weight excluding hydrogens is 324 g/mol. The van der Waals surface area contributed by atoms with Crippen molar-refractivity contribution in [3.63, 3.8) is 0 Å². The van der Waals surface area contributed by atoms with E-state index in [0.29, 0.717) is 17.2 Å². The molecule has 26 heavy (non-hydrogen) atoms. The maximum Gasteiger partial charge on any atom is 0.213 e. The van der Waals surface area contributed by atoms with Gasteiger partial charge in [-0.3, -0.25) is 9.98 Å². The lowest BCUT2D eigenvalue weighted by molar-refractivity contribution is 0.383. The van der Waals surface area contributed by atoms with Gasteiger partial charge in [-0.05, 0) is 11.6 Å². The third kappa shape index (κ3) is 2.58. The molecule has 1 N–H and O–H groups in total. The first-order valence-corrected chi connectivity index (χ1v) is 8.25. The van der Waals surface area contributed by atoms with Gasteiger partial charge in [0.25, 0.3) is 0 Å². The van der Waals surface area contributed by atoms with Crippen molar-refractivity contribution in [1.29, 1.82) is 5.26 Å². The summed E-state index contributed by atoms with van der Waals surface area (Å²) >= 11 is 0. The van der Waals surface area contributed by atoms with E-state index in [1.54, 1.807) is 13.2 Å². The lowest BCUT2D eigenvalue weighted by Crippen LogP contribution is -2.25. The fourth-order valence-electron chi connectivity index (χ4n) is 3.25. The van der Waals surface area contributed by atoms with E-state index in [-0.39, 0.29) is 5.92 Å². The second-order valence-electron chi connectivity index (χ2n) is 5.89. The predicted molar refractivity (Wildman–Crippen MR) is 101 cm³/mol. The van der Waals surface area contributed by atoms with Gasteiger partial charge in [0, 0.05) is 24.2 Å². The predicted octanol–water partition coefficient (Wildman–Crippen LogP) is 3.74. The number of nitriles is 1. The van der Waals surface area contributed by atoms with Gasteiger partial charge in [0.2, 0.25) is 5.88 Å². The van der Waals surface area contributed by atoms with Gasteiger partial charge in [-0.1, -0.05) is 48.5 Å². The monoisotopic (exact) mass is 340 g/mol. The smallest absolute Gasteiger partial charge is 0.213 e. The Morgan fingerprint density at radius 3 is 2.77 bits per heavy atom. The molecule has 4 rings (SSSR count). The molecule has 0 saturated heterocycles. The van der Waals surface area contributed by atoms with Crippen molar-refractivity contribution in [3.8, 4) is 11.8 Å². The van der Waals surface area contributed by atoms with Crippen LogP contribution >= 0.6 is 0 Å². The molecule has 0 bridgehead atoms. The van der Waals surface area contributed by atoms with Gasteiger partial charge in [-0.15, -0.1) is 0 Å². The minimum atomic E-state index is -0.232. The third-order valence-corrected chi connectivity index (χ3v) is 4.39. The molecule has 5 heteroatoms. The summed E-state index contributed by atoms with van der Waals surface area (Å²) in [5, 5.41) is 13.8. The number of aromatic nitrogens is 1. The number of fused-ring (bicyclic) bond motifs is 3. The molecule has 0 amide bonds. The molecule has 0 fully saturated rings. The van der Waals surface area contributed by atoms with Crippen LogP contribution in [-0.4, -0.2) is 18.4 Å². The molecule has 126 valence electrons. The Morgan fingerprint density at radius 2 is 2.00 bits per heavy atom. The van der Waals surface area contributed by atoms with Crippen LogP contribution in [0.2, 0.25) is 0 Å². The van der Waals surface area contributed by atoms with Gasteiger partial charge >= 0.3 is 0 Å². The van der Waals surface area contributed by atoms with Crippen LogP contribution in [-0.2, 0) is 0 Å². The first-order chi connectivity index (χ1) is 12.8. The lowest BCUT2D eigenvalue weighted by Gasteiger charge is -2.28. The van der Waals surface area contributed by atoms with E-state index in [1.165, 1.54) is 6.34 Å². The summed E-state index contributed by atoms with van der Waals surface area (Å²) in [4.78, 5) is 8.44. The van der Waals surface area contributed by atoms with Gasteiger partial charge in [-0.25, -0.2) is 0 Å². The van der Waals surface area contributed by atoms with Crippen LogP contribution in [0.15, 0.2) is 77.2 Å². The second-order valence-corrected chi connectivity index (χ2v) is 5.89. The number of pyridine rings is 1. The van der Waals surface area contributed by atoms with Crippen molar-refractivity contribution in [2.75, 3.05) is 7.05 Å². The SMILES string of the molecule is CN=CNC1=C(C#N)C(c2ccccc2)c2ccc3cccnc3c2O1. The van der Waals surface area contributed by atoms with Gasteiger partial charge in [0.15, 0.2) is 5.75 Å². The van der Waals surface area contributed by atoms with Crippen LogP contribution in [0, 0.1) is 11.3 Å². The molecule has 1 unspecified atom stereocenters. The fraction of sp³-hybridized carbons (Fsp3) is 0.0952. The van der Waals surface area contributed by atoms with Crippen molar-refractivity contribution < 1.29 is 4.74 Å². The number of nitrogens with zero attached hydrogens (tertiary/aromatic N) is 3. The molecule has 2 aromatic carbocycles. The quantitative estimate of drug-likeness (QED) is 0.582. The Labute approximate surface area is 151 Å². The van der Waals surface area contributed by atoms with Crippen LogP contribution in [0.25, 0.3) is 10.9 Å². The van der Waals surface area contributed by atoms with Crippen LogP contribution in [0.3, 0.4) is 0 Å². The zero-order valence-electron chi connectivity index (χ0n) is 14.2. The number of aliphatic imine (C=N–C) groups is 1. The highest BCUT2D eigenvalue weighted by atomic mass is 16.5. The van der Waals surface area contributed by atoms with E-state index in [9.17, 15) is 5.26 Å². The Hall–Kier alpha value is -3.65. The van der Waals surface area contributed by atoms with E-state index in [1.807, 2.05) is 54.6 Å². The molecule has 1 aliphatic rings. The highest BCUT2D eigenvalue weighted by molar-refractivity contribution is 5.87. The van der Waals surface area contributed by atoms with E-state index in [2.05, 4.69) is 21.4 Å². The maximum atomic E-state index is 9.84. The number of hydrogen-bond acceptors (Lipinski definition) is 4. The highest BCUT2D eigenvalue weighted by Crippen LogP contribution is 2.44. The van der Waals surface area contributed by atoms with Crippen LogP contribution in [0.4, 0.5) is 0 Å². The zero-order valence-corrected chi connectivity index (χ0v) is 14.2. The van der Waals surface area contributed by atoms with Gasteiger partial charge in [0.05, 0.1) is 12.3 Å². The maximum absolute atomic E-state index is 9.84. The summed E-state index contributed by atoms with van der Waals surface area (Å²) in [6.45, 7) is 0. The number of ether oxygens (including phenoxy) is 1. The number of nitrogens with one attached hydrogen (secondary N) is 1. The molecular formula is C21H16N4O. The van der Waals surface area contributed by atoms with E-state index < -0.39 is 0 Å². The average Bonchev–Trinajstić information content (AvgIpc) is 2.71. The number of hydrogen-bond donors (Lipinski definition) is 1. The van der Waals surface area contributed by atoms with E-state index >= 15 is 0 Å². The minimum Gasteiger partial charge on any atom is -0.437 e. The van der Waals surface area contributed by atoms with Crippen LogP contribution in [0.1, 0.15) is 17.0 Å². The Kier molecular flexibility index (Phi) is 4.08. The first kappa shape index (κ1) is 15.9. The summed E-state index contributed by atoms with van der Waals surface area (Å²) in [6.07, 6.45) is 3.26. The van der Waals surface area contributed by atoms with Crippen LogP contribution < -0.4 is 10.1 Å². The normalized spacial score (nSPS) is 16.2. The van der Waals surface area contributed by atoms with Crippen molar-refractivity contribution in [1.82, 2.24) is 10.3 Å². The number of benzene rings is 2. The van der Waals surface area contributed by atoms with Crippen molar-refractivity contribution >= 4 is 17.2 Å². The lowest BCUT2D eigenvalue weighted by atomic mass is 9.83. The molecule has 1 atom stereocenters. The van der Waals surface area contributed by atoms with Gasteiger partial charge in [-0.2, -0.15) is 5.26 Å². The molecule has 0 radical (unpaired) electrons. The Bertz CT molecular complexity index is 1060. The minimum absolute atomic E-state index is 0.232. The summed E-state index contributed by atoms with van der Waals surface area (Å²) < 4.78 is 6.09. The van der Waals surface area contributed by atoms with Crippen LogP contribution in [0.5, 0.6) is 5.75 Å². The fourth-order valence-corrected chi connectivity index (χ4v) is 3.25. The topological polar surface area (TPSA) is 70.3 Å².